The predicted molar refractivity (Wildman–Crippen MR) is 80.1 cm³/mol. The Kier molecular flexibility index (Phi) is 3.58. The van der Waals surface area contributed by atoms with Gasteiger partial charge in [0.1, 0.15) is 5.69 Å². The molecular weight excluding hydrogens is 290 g/mol. The second kappa shape index (κ2) is 5.30. The van der Waals surface area contributed by atoms with Crippen LogP contribution in [0, 0.1) is 0 Å². The minimum absolute atomic E-state index is 0.0171. The molecule has 1 amide bonds. The Morgan fingerprint density at radius 2 is 2.09 bits per heavy atom. The molecule has 0 radical (unpaired) electrons. The van der Waals surface area contributed by atoms with Crippen molar-refractivity contribution in [2.45, 2.75) is 37.6 Å². The highest BCUT2D eigenvalue weighted by molar-refractivity contribution is 6.01. The van der Waals surface area contributed by atoms with Crippen molar-refractivity contribution in [3.05, 3.63) is 18.6 Å². The zero-order chi connectivity index (χ0) is 15.9. The van der Waals surface area contributed by atoms with Gasteiger partial charge in [-0.3, -0.25) is 4.79 Å². The quantitative estimate of drug-likeness (QED) is 0.842. The third-order valence-electron chi connectivity index (χ3n) is 4.34. The Morgan fingerprint density at radius 3 is 2.73 bits per heavy atom. The van der Waals surface area contributed by atoms with Crippen LogP contribution in [0.1, 0.15) is 31.5 Å². The number of nitrogens with zero attached hydrogens (tertiary/aromatic N) is 4. The second-order valence-electron chi connectivity index (χ2n) is 5.78. The van der Waals surface area contributed by atoms with Crippen molar-refractivity contribution in [2.24, 2.45) is 0 Å². The number of halogens is 2. The molecular formula is C15H18F2N4O. The Hall–Kier alpha value is -2.05. The van der Waals surface area contributed by atoms with E-state index in [1.807, 2.05) is 0 Å². The van der Waals surface area contributed by atoms with Crippen LogP contribution in [0.4, 0.5) is 20.3 Å². The van der Waals surface area contributed by atoms with Gasteiger partial charge >= 0.3 is 5.92 Å². The van der Waals surface area contributed by atoms with E-state index in [-0.39, 0.29) is 6.04 Å². The van der Waals surface area contributed by atoms with Crippen LogP contribution in [0.3, 0.4) is 0 Å². The number of hydrogen-bond donors (Lipinski definition) is 0. The Labute approximate surface area is 127 Å². The summed E-state index contributed by atoms with van der Waals surface area (Å²) in [6.45, 7) is 2.98. The van der Waals surface area contributed by atoms with E-state index in [9.17, 15) is 13.6 Å². The standard InChI is InChI=1S/C15H18F2N4O/c1-3-12-18-8-11-13(19-12)21(10-6-4-5-7-10)9-15(16,17)14(22)20(11)2/h3,8,10H,1,4-7,9H2,2H3. The summed E-state index contributed by atoms with van der Waals surface area (Å²) in [6, 6.07) is -0.0171. The molecule has 1 aliphatic heterocycles. The largest absolute Gasteiger partial charge is 0.345 e. The maximum Gasteiger partial charge on any atom is 0.342 e. The lowest BCUT2D eigenvalue weighted by atomic mass is 10.2. The SMILES string of the molecule is C=Cc1ncc2c(n1)N(C1CCCC1)CC(F)(F)C(=O)N2C. The lowest BCUT2D eigenvalue weighted by Gasteiger charge is -2.30. The van der Waals surface area contributed by atoms with Crippen LogP contribution in [0.2, 0.25) is 0 Å². The average Bonchev–Trinajstić information content (AvgIpc) is 3.02. The topological polar surface area (TPSA) is 49.3 Å². The number of carbonyl (C=O) groups excluding carboxylic acids is 1. The van der Waals surface area contributed by atoms with Crippen LogP contribution < -0.4 is 9.80 Å². The summed E-state index contributed by atoms with van der Waals surface area (Å²) in [5.41, 5.74) is 0.319. The van der Waals surface area contributed by atoms with Gasteiger partial charge in [-0.1, -0.05) is 19.4 Å². The lowest BCUT2D eigenvalue weighted by Crippen LogP contribution is -2.48. The molecule has 0 bridgehead atoms. The van der Waals surface area contributed by atoms with Crippen LogP contribution in [0.15, 0.2) is 12.8 Å². The number of alkyl halides is 2. The lowest BCUT2D eigenvalue weighted by molar-refractivity contribution is -0.140. The van der Waals surface area contributed by atoms with E-state index in [1.54, 1.807) is 4.90 Å². The first kappa shape index (κ1) is 14.9. The van der Waals surface area contributed by atoms with Gasteiger partial charge in [-0.05, 0) is 18.9 Å². The van der Waals surface area contributed by atoms with Crippen molar-refractivity contribution >= 4 is 23.5 Å². The molecule has 1 aromatic rings. The van der Waals surface area contributed by atoms with Gasteiger partial charge in [-0.15, -0.1) is 0 Å². The van der Waals surface area contributed by atoms with Crippen LogP contribution >= 0.6 is 0 Å². The van der Waals surface area contributed by atoms with E-state index in [4.69, 9.17) is 0 Å². The second-order valence-corrected chi connectivity index (χ2v) is 5.78. The highest BCUT2D eigenvalue weighted by atomic mass is 19.3. The van der Waals surface area contributed by atoms with E-state index in [2.05, 4.69) is 16.5 Å². The number of amides is 1. The first-order chi connectivity index (χ1) is 10.4. The summed E-state index contributed by atoms with van der Waals surface area (Å²) in [6.07, 6.45) is 6.57. The first-order valence-electron chi connectivity index (χ1n) is 7.36. The number of carbonyl (C=O) groups is 1. The van der Waals surface area contributed by atoms with Crippen LogP contribution in [-0.2, 0) is 4.79 Å². The number of fused-ring (bicyclic) bond motifs is 1. The molecule has 5 nitrogen and oxygen atoms in total. The molecule has 0 N–H and O–H groups in total. The third-order valence-corrected chi connectivity index (χ3v) is 4.34. The van der Waals surface area contributed by atoms with E-state index in [0.29, 0.717) is 17.3 Å². The Balaban J connectivity index is 2.14. The molecule has 22 heavy (non-hydrogen) atoms. The zero-order valence-corrected chi connectivity index (χ0v) is 12.4. The summed E-state index contributed by atoms with van der Waals surface area (Å²) in [4.78, 5) is 22.9. The summed E-state index contributed by atoms with van der Waals surface area (Å²) in [7, 11) is 1.34. The minimum atomic E-state index is -3.44. The molecule has 0 atom stereocenters. The first-order valence-corrected chi connectivity index (χ1v) is 7.36. The van der Waals surface area contributed by atoms with Crippen LogP contribution in [0.25, 0.3) is 6.08 Å². The van der Waals surface area contributed by atoms with Crippen molar-refractivity contribution in [3.63, 3.8) is 0 Å². The monoisotopic (exact) mass is 308 g/mol. The molecule has 0 aromatic carbocycles. The predicted octanol–water partition coefficient (Wildman–Crippen LogP) is 2.48. The fourth-order valence-corrected chi connectivity index (χ4v) is 3.16. The Bertz CT molecular complexity index is 614. The van der Waals surface area contributed by atoms with Crippen molar-refractivity contribution in [2.75, 3.05) is 23.4 Å². The number of aromatic nitrogens is 2. The Morgan fingerprint density at radius 1 is 1.41 bits per heavy atom. The molecule has 1 aliphatic carbocycles. The third kappa shape index (κ3) is 2.34. The van der Waals surface area contributed by atoms with E-state index >= 15 is 0 Å². The molecule has 118 valence electrons. The van der Waals surface area contributed by atoms with Crippen molar-refractivity contribution in [3.8, 4) is 0 Å². The molecule has 0 unspecified atom stereocenters. The van der Waals surface area contributed by atoms with Crippen LogP contribution in [-0.4, -0.2) is 41.4 Å². The van der Waals surface area contributed by atoms with E-state index < -0.39 is 18.4 Å². The summed E-state index contributed by atoms with van der Waals surface area (Å²) >= 11 is 0. The molecule has 1 fully saturated rings. The van der Waals surface area contributed by atoms with Crippen molar-refractivity contribution < 1.29 is 13.6 Å². The highest BCUT2D eigenvalue weighted by Crippen LogP contribution is 2.38. The molecule has 1 saturated carbocycles. The van der Waals surface area contributed by atoms with Crippen molar-refractivity contribution in [1.82, 2.24) is 9.97 Å². The summed E-state index contributed by atoms with van der Waals surface area (Å²) in [5, 5.41) is 0. The van der Waals surface area contributed by atoms with Gasteiger partial charge in [0.25, 0.3) is 5.91 Å². The van der Waals surface area contributed by atoms with Gasteiger partial charge in [0.15, 0.2) is 11.6 Å². The molecule has 7 heteroatoms. The molecule has 2 heterocycles. The molecule has 0 saturated heterocycles. The fraction of sp³-hybridized carbons (Fsp3) is 0.533. The highest BCUT2D eigenvalue weighted by Gasteiger charge is 2.48. The van der Waals surface area contributed by atoms with Gasteiger partial charge in [0.05, 0.1) is 12.7 Å². The molecule has 1 aromatic heterocycles. The number of rotatable bonds is 2. The molecule has 2 aliphatic rings. The average molecular weight is 308 g/mol. The summed E-state index contributed by atoms with van der Waals surface area (Å²) in [5.74, 6) is -3.89. The number of anilines is 2. The van der Waals surface area contributed by atoms with E-state index in [1.165, 1.54) is 19.3 Å². The smallest absolute Gasteiger partial charge is 0.342 e. The van der Waals surface area contributed by atoms with Gasteiger partial charge in [0, 0.05) is 13.1 Å². The van der Waals surface area contributed by atoms with Gasteiger partial charge in [-0.2, -0.15) is 8.78 Å². The van der Waals surface area contributed by atoms with E-state index in [0.717, 1.165) is 30.6 Å². The number of hydrogen-bond acceptors (Lipinski definition) is 4. The normalized spacial score (nSPS) is 21.7. The fourth-order valence-electron chi connectivity index (χ4n) is 3.16. The molecule has 0 spiro atoms. The minimum Gasteiger partial charge on any atom is -0.345 e. The molecule has 3 rings (SSSR count). The summed E-state index contributed by atoms with van der Waals surface area (Å²) < 4.78 is 28.5. The zero-order valence-electron chi connectivity index (χ0n) is 12.4. The van der Waals surface area contributed by atoms with Crippen molar-refractivity contribution in [1.29, 1.82) is 0 Å². The van der Waals surface area contributed by atoms with Gasteiger partial charge in [-0.25, -0.2) is 9.97 Å². The van der Waals surface area contributed by atoms with Crippen LogP contribution in [0.5, 0.6) is 0 Å². The maximum absolute atomic E-state index is 14.3. The van der Waals surface area contributed by atoms with Gasteiger partial charge in [0.2, 0.25) is 0 Å². The van der Waals surface area contributed by atoms with Gasteiger partial charge < -0.3 is 9.80 Å². The maximum atomic E-state index is 14.3.